The van der Waals surface area contributed by atoms with Gasteiger partial charge in [-0.3, -0.25) is 0 Å². The molecule has 8 aromatic carbocycles. The van der Waals surface area contributed by atoms with Gasteiger partial charge >= 0.3 is 447 Å². The summed E-state index contributed by atoms with van der Waals surface area (Å²) in [6.07, 6.45) is 9.21. The van der Waals surface area contributed by atoms with Gasteiger partial charge in [-0.2, -0.15) is 0 Å². The predicted octanol–water partition coefficient (Wildman–Crippen LogP) is 8.22. The monoisotopic (exact) mass is 1250 g/mol. The second-order valence-corrected chi connectivity index (χ2v) is 59.0. The van der Waals surface area contributed by atoms with Crippen LogP contribution in [0.1, 0.15) is 51.4 Å². The number of rotatable bonds is 9. The molecule has 0 radical (unpaired) electrons. The molecular weight excluding hydrogens is 1190 g/mol. The molecule has 2 heterocycles. The Morgan fingerprint density at radius 1 is 0.411 bits per heavy atom. The summed E-state index contributed by atoms with van der Waals surface area (Å²) in [6, 6.07) is 83.2. The number of hydrogen-bond acceptors (Lipinski definition) is 6. The van der Waals surface area contributed by atoms with Gasteiger partial charge in [-0.25, -0.2) is 0 Å². The van der Waals surface area contributed by atoms with Crippen molar-refractivity contribution in [3.8, 4) is 0 Å². The van der Waals surface area contributed by atoms with Crippen molar-refractivity contribution in [2.45, 2.75) is 69.8 Å². The summed E-state index contributed by atoms with van der Waals surface area (Å²) in [6.45, 7) is 0. The molecule has 8 aromatic rings. The Morgan fingerprint density at radius 3 is 1.14 bits per heavy atom. The molecule has 2 aliphatic heterocycles. The molecule has 2 saturated heterocycles. The summed E-state index contributed by atoms with van der Waals surface area (Å²) in [7, 11) is -16.6. The molecule has 73 heavy (non-hydrogen) atoms. The molecule has 0 amide bonds. The molecule has 13 heteroatoms. The van der Waals surface area contributed by atoms with E-state index in [9.17, 15) is 15.7 Å². The van der Waals surface area contributed by atoms with E-state index in [0.29, 0.717) is 2.45 Å². The van der Waals surface area contributed by atoms with Crippen LogP contribution in [0.5, 0.6) is 0 Å². The van der Waals surface area contributed by atoms with Crippen molar-refractivity contribution in [1.29, 1.82) is 0 Å². The van der Waals surface area contributed by atoms with E-state index in [-0.39, 0.29) is 21.4 Å². The average molecular weight is 1250 g/mol. The van der Waals surface area contributed by atoms with Crippen LogP contribution in [-0.4, -0.2) is 76.2 Å². The summed E-state index contributed by atoms with van der Waals surface area (Å²) >= 11 is -10.0. The van der Waals surface area contributed by atoms with E-state index in [2.05, 4.69) is 206 Å². The molecule has 0 aromatic heterocycles. The van der Waals surface area contributed by atoms with Crippen LogP contribution in [0.4, 0.5) is 0 Å². The minimum absolute atomic E-state index is 0.126. The van der Waals surface area contributed by atoms with Crippen LogP contribution in [0, 0.1) is 5.41 Å². The topological polar surface area (TPSA) is 91.3 Å². The molecule has 3 unspecified atom stereocenters. The summed E-state index contributed by atoms with van der Waals surface area (Å²) in [5.41, 5.74) is 0.608. The van der Waals surface area contributed by atoms with E-state index in [1.165, 1.54) is 52.1 Å². The predicted molar refractivity (Wildman–Crippen MR) is 303 cm³/mol. The number of hydrogen-bond donors (Lipinski definition) is 1. The first kappa shape index (κ1) is 49.6. The van der Waals surface area contributed by atoms with Crippen LogP contribution in [-0.2, 0) is 23.9 Å². The van der Waals surface area contributed by atoms with Crippen molar-refractivity contribution < 1.29 is 26.7 Å². The average Bonchev–Trinajstić information content (AvgIpc) is 3.45. The maximum atomic E-state index is 13.0. The van der Waals surface area contributed by atoms with Gasteiger partial charge in [0.1, 0.15) is 0 Å². The minimum atomic E-state index is -5.11. The van der Waals surface area contributed by atoms with Crippen molar-refractivity contribution in [2.75, 3.05) is 0 Å². The van der Waals surface area contributed by atoms with Crippen LogP contribution >= 0.6 is 0 Å². The Labute approximate surface area is 442 Å². The Balaban J connectivity index is 1.30. The van der Waals surface area contributed by atoms with Gasteiger partial charge in [-0.1, -0.05) is 0 Å². The van der Waals surface area contributed by atoms with E-state index < -0.39 is 73.4 Å². The fourth-order valence-electron chi connectivity index (χ4n) is 13.7. The van der Waals surface area contributed by atoms with Gasteiger partial charge in [0.15, 0.2) is 0 Å². The SMILES string of the molecule is O=S(=O)(O)c1ccc([Si]2(c3ccccc3)O[Si](c3ccccc3)(c3ccccc3)O[Si]3([O][Sn]([c]4ccccc4)([c]4ccccc4)[CH2][Sn]([c]4ccccc4)([c]4ccccc4)[O]2)C2CCCCC24CCCCC43)cc1. The first-order valence-corrected chi connectivity index (χ1v) is 45.1. The third-order valence-corrected chi connectivity index (χ3v) is 79.3. The first-order valence-electron chi connectivity index (χ1n) is 25.9. The van der Waals surface area contributed by atoms with Gasteiger partial charge in [0.2, 0.25) is 0 Å². The van der Waals surface area contributed by atoms with Crippen LogP contribution in [0.2, 0.25) is 13.5 Å². The molecule has 12 rings (SSSR count). The zero-order valence-electron chi connectivity index (χ0n) is 40.8. The Kier molecular flexibility index (Phi) is 13.6. The molecule has 1 N–H and O–H groups in total. The van der Waals surface area contributed by atoms with Gasteiger partial charge in [0, 0.05) is 0 Å². The molecule has 7 nitrogen and oxygen atoms in total. The number of fused-ring (bicyclic) bond motifs is 2. The Morgan fingerprint density at radius 2 is 0.753 bits per heavy atom. The van der Waals surface area contributed by atoms with Crippen LogP contribution in [0.3, 0.4) is 0 Å². The second kappa shape index (κ2) is 20.0. The summed E-state index contributed by atoms with van der Waals surface area (Å²) in [5.74, 6) is 0. The molecule has 4 aliphatic rings. The van der Waals surface area contributed by atoms with Gasteiger partial charge in [0.05, 0.1) is 0 Å². The molecule has 0 bridgehead atoms. The molecule has 368 valence electrons. The van der Waals surface area contributed by atoms with Gasteiger partial charge in [0.25, 0.3) is 0 Å². The third-order valence-electron chi connectivity index (χ3n) is 16.8. The van der Waals surface area contributed by atoms with Crippen molar-refractivity contribution in [3.63, 3.8) is 0 Å². The first-order chi connectivity index (χ1) is 35.7. The molecule has 2 saturated carbocycles. The molecular formula is C60H60O7SSi3Sn2. The Hall–Kier alpha value is -4.24. The zero-order valence-corrected chi connectivity index (χ0v) is 50.4. The fraction of sp³-hybridized carbons (Fsp3) is 0.200. The fourth-order valence-corrected chi connectivity index (χ4v) is 104. The van der Waals surface area contributed by atoms with Crippen LogP contribution in [0.25, 0.3) is 0 Å². The van der Waals surface area contributed by atoms with Crippen molar-refractivity contribution in [1.82, 2.24) is 0 Å². The van der Waals surface area contributed by atoms with Crippen molar-refractivity contribution >= 4 is 108 Å². The van der Waals surface area contributed by atoms with Gasteiger partial charge in [-0.15, -0.1) is 0 Å². The summed E-state index contributed by atoms with van der Waals surface area (Å²) in [5, 5.41) is 3.59. The van der Waals surface area contributed by atoms with Crippen molar-refractivity contribution in [2.24, 2.45) is 5.41 Å². The quantitative estimate of drug-likeness (QED) is 0.115. The van der Waals surface area contributed by atoms with E-state index >= 15 is 0 Å². The van der Waals surface area contributed by atoms with E-state index in [4.69, 9.17) is 11.0 Å². The van der Waals surface area contributed by atoms with E-state index in [1.807, 2.05) is 18.2 Å². The molecule has 2 aliphatic carbocycles. The van der Waals surface area contributed by atoms with E-state index in [0.717, 1.165) is 46.4 Å². The second-order valence-electron chi connectivity index (χ2n) is 20.6. The van der Waals surface area contributed by atoms with Crippen LogP contribution < -0.4 is 35.1 Å². The van der Waals surface area contributed by atoms with E-state index in [1.54, 1.807) is 0 Å². The molecule has 2 spiro atoms. The van der Waals surface area contributed by atoms with Gasteiger partial charge in [-0.05, 0) is 0 Å². The van der Waals surface area contributed by atoms with Gasteiger partial charge < -0.3 is 0 Å². The molecule has 3 atom stereocenters. The number of benzene rings is 8. The Bertz CT molecular complexity index is 3140. The van der Waals surface area contributed by atoms with Crippen LogP contribution in [0.15, 0.2) is 241 Å². The van der Waals surface area contributed by atoms with Crippen molar-refractivity contribution in [3.05, 3.63) is 237 Å². The third kappa shape index (κ3) is 8.49. The molecule has 4 fully saturated rings. The zero-order chi connectivity index (χ0) is 49.6. The standard InChI is InChI=1S/C35H38O7SSi3.4C6H5.CH2.2Sn/c36-43(37,38)28-22-24-30(25-23-28)44(39,29-14-4-1-5-15-29)41-46(31-16-6-2-7-17-31,32-18-8-3-9-19-32)42-45(40)33-20-10-12-26-35(33)27-13-11-21-34(35)45;4*1-2-4-6-5-3-1;;;/h1-9,14-19,22-25,33-34H,10-13,20-21,26-27H2,(H,36,37,38);4*1-5H;1H2;;/q-2;;;;;;2*+1. The summed E-state index contributed by atoms with van der Waals surface area (Å²) < 4.78 is 78.3. The maximum absolute atomic E-state index is 13.0. The summed E-state index contributed by atoms with van der Waals surface area (Å²) in [4.78, 5) is -0.191. The normalized spacial score (nSPS) is 26.3.